The highest BCUT2D eigenvalue weighted by molar-refractivity contribution is 6.31. The Morgan fingerprint density at radius 3 is 2.91 bits per heavy atom. The van der Waals surface area contributed by atoms with Crippen LogP contribution >= 0.6 is 11.6 Å². The van der Waals surface area contributed by atoms with Gasteiger partial charge in [-0.2, -0.15) is 5.10 Å². The fourth-order valence-electron chi connectivity index (χ4n) is 4.00. The maximum Gasteiger partial charge on any atom is 0.270 e. The van der Waals surface area contributed by atoms with E-state index >= 15 is 0 Å². The number of carbonyl (C=O) groups excluding carboxylic acids is 1. The number of fused-ring (bicyclic) bond motifs is 2. The molecule has 0 radical (unpaired) electrons. The van der Waals surface area contributed by atoms with Crippen molar-refractivity contribution < 1.29 is 9.18 Å². The van der Waals surface area contributed by atoms with Gasteiger partial charge in [-0.15, -0.1) is 0 Å². The van der Waals surface area contributed by atoms with Gasteiger partial charge in [-0.3, -0.25) is 20.0 Å². The summed E-state index contributed by atoms with van der Waals surface area (Å²) >= 11 is 6.27. The zero-order valence-corrected chi connectivity index (χ0v) is 19.6. The molecule has 1 aliphatic heterocycles. The van der Waals surface area contributed by atoms with Crippen molar-refractivity contribution in [3.05, 3.63) is 69.6 Å². The quantitative estimate of drug-likeness (QED) is 0.404. The van der Waals surface area contributed by atoms with Crippen LogP contribution in [0.3, 0.4) is 0 Å². The topological polar surface area (TPSA) is 101 Å². The molecular formula is C23H24ClFN8O. The molecule has 0 unspecified atom stereocenters. The Hall–Kier alpha value is -3.34. The van der Waals surface area contributed by atoms with Gasteiger partial charge in [0.15, 0.2) is 5.82 Å². The Kier molecular flexibility index (Phi) is 6.03. The number of aryl methyl sites for hydroxylation is 2. The van der Waals surface area contributed by atoms with Crippen molar-refractivity contribution in [3.63, 3.8) is 0 Å². The number of hydrazine groups is 1. The van der Waals surface area contributed by atoms with E-state index in [0.717, 1.165) is 11.4 Å². The summed E-state index contributed by atoms with van der Waals surface area (Å²) in [5.41, 5.74) is 9.69. The summed E-state index contributed by atoms with van der Waals surface area (Å²) in [7, 11) is 0. The molecule has 0 saturated carbocycles. The zero-order chi connectivity index (χ0) is 23.8. The second kappa shape index (κ2) is 9.13. The van der Waals surface area contributed by atoms with Gasteiger partial charge in [-0.1, -0.05) is 24.6 Å². The van der Waals surface area contributed by atoms with E-state index in [9.17, 15) is 9.18 Å². The first kappa shape index (κ1) is 22.5. The van der Waals surface area contributed by atoms with Crippen molar-refractivity contribution in [2.24, 2.45) is 0 Å². The van der Waals surface area contributed by atoms with E-state index in [4.69, 9.17) is 11.6 Å². The maximum absolute atomic E-state index is 14.9. The zero-order valence-electron chi connectivity index (χ0n) is 18.8. The second-order valence-electron chi connectivity index (χ2n) is 8.15. The summed E-state index contributed by atoms with van der Waals surface area (Å²) < 4.78 is 18.4. The number of imidazole rings is 1. The van der Waals surface area contributed by atoms with Crippen LogP contribution in [0.4, 0.5) is 4.39 Å². The minimum Gasteiger partial charge on any atom is -0.347 e. The minimum absolute atomic E-state index is 0.161. The fourth-order valence-corrected chi connectivity index (χ4v) is 4.15. The first-order valence-corrected chi connectivity index (χ1v) is 11.5. The largest absolute Gasteiger partial charge is 0.347 e. The number of benzene rings is 1. The van der Waals surface area contributed by atoms with Crippen molar-refractivity contribution in [2.45, 2.75) is 39.9 Å². The predicted octanol–water partition coefficient (Wildman–Crippen LogP) is 2.79. The third-order valence-corrected chi connectivity index (χ3v) is 6.22. The van der Waals surface area contributed by atoms with Crippen LogP contribution in [0.25, 0.3) is 17.0 Å². The first-order valence-electron chi connectivity index (χ1n) is 11.1. The van der Waals surface area contributed by atoms with Crippen LogP contribution in [0.5, 0.6) is 0 Å². The molecule has 0 aliphatic carbocycles. The average Bonchev–Trinajstić information content (AvgIpc) is 3.31. The van der Waals surface area contributed by atoms with Gasteiger partial charge < -0.3 is 5.32 Å². The number of amides is 1. The molecule has 5 rings (SSSR count). The minimum atomic E-state index is -0.440. The van der Waals surface area contributed by atoms with Crippen molar-refractivity contribution in [2.75, 3.05) is 6.54 Å². The van der Waals surface area contributed by atoms with Gasteiger partial charge in [0.25, 0.3) is 5.91 Å². The lowest BCUT2D eigenvalue weighted by atomic mass is 10.1. The number of nitrogens with zero attached hydrogens (tertiary/aromatic N) is 5. The SMILES string of the molecule is CCc1nc2cc(C)c(Cl)cn2c1C(=O)NCc1ccc(-c2nc3n(n2)CCNNC3)c(F)c1. The highest BCUT2D eigenvalue weighted by Crippen LogP contribution is 2.23. The van der Waals surface area contributed by atoms with E-state index in [0.29, 0.717) is 65.1 Å². The fraction of sp³-hybridized carbons (Fsp3) is 0.304. The molecule has 0 bridgehead atoms. The van der Waals surface area contributed by atoms with Crippen molar-refractivity contribution in [1.29, 1.82) is 0 Å². The van der Waals surface area contributed by atoms with Gasteiger partial charge >= 0.3 is 0 Å². The highest BCUT2D eigenvalue weighted by atomic mass is 35.5. The highest BCUT2D eigenvalue weighted by Gasteiger charge is 2.20. The molecule has 4 heterocycles. The number of nitrogens with one attached hydrogen (secondary N) is 3. The molecule has 0 spiro atoms. The molecule has 34 heavy (non-hydrogen) atoms. The molecule has 0 atom stereocenters. The molecule has 4 aromatic rings. The lowest BCUT2D eigenvalue weighted by Crippen LogP contribution is -2.30. The van der Waals surface area contributed by atoms with Crippen LogP contribution < -0.4 is 16.2 Å². The Labute approximate surface area is 200 Å². The molecule has 1 aromatic carbocycles. The van der Waals surface area contributed by atoms with E-state index in [-0.39, 0.29) is 12.5 Å². The molecular weight excluding hydrogens is 459 g/mol. The van der Waals surface area contributed by atoms with Crippen LogP contribution in [0.2, 0.25) is 5.02 Å². The monoisotopic (exact) mass is 482 g/mol. The van der Waals surface area contributed by atoms with Crippen LogP contribution in [0, 0.1) is 12.7 Å². The van der Waals surface area contributed by atoms with E-state index in [1.54, 1.807) is 27.4 Å². The molecule has 176 valence electrons. The number of hydrogen-bond donors (Lipinski definition) is 3. The smallest absolute Gasteiger partial charge is 0.270 e. The van der Waals surface area contributed by atoms with Gasteiger partial charge in [0, 0.05) is 19.3 Å². The number of hydrogen-bond acceptors (Lipinski definition) is 6. The lowest BCUT2D eigenvalue weighted by molar-refractivity contribution is 0.0944. The Bertz CT molecular complexity index is 1370. The Balaban J connectivity index is 1.35. The molecule has 1 aliphatic rings. The standard InChI is InChI=1S/C23H24ClFN8O/c1-3-18-21(32-12-16(24)13(2)8-19(32)29-18)23(34)26-10-14-4-5-15(17(25)9-14)22-30-20-11-28-27-6-7-33(20)31-22/h4-5,8-9,12,27-28H,3,6-7,10-11H2,1-2H3,(H,26,34). The van der Waals surface area contributed by atoms with E-state index in [1.807, 2.05) is 19.9 Å². The van der Waals surface area contributed by atoms with E-state index in [1.165, 1.54) is 6.07 Å². The average molecular weight is 483 g/mol. The van der Waals surface area contributed by atoms with Crippen molar-refractivity contribution in [3.8, 4) is 11.4 Å². The molecule has 11 heteroatoms. The summed E-state index contributed by atoms with van der Waals surface area (Å²) in [6, 6.07) is 6.66. The van der Waals surface area contributed by atoms with Gasteiger partial charge in [0.05, 0.1) is 29.4 Å². The summed E-state index contributed by atoms with van der Waals surface area (Å²) in [5.74, 6) is 0.349. The van der Waals surface area contributed by atoms with Crippen molar-refractivity contribution >= 4 is 23.2 Å². The summed E-state index contributed by atoms with van der Waals surface area (Å²) in [6.45, 7) is 5.85. The lowest BCUT2D eigenvalue weighted by Gasteiger charge is -2.09. The summed E-state index contributed by atoms with van der Waals surface area (Å²) in [5, 5.41) is 7.86. The third kappa shape index (κ3) is 4.15. The third-order valence-electron chi connectivity index (χ3n) is 5.82. The molecule has 3 aromatic heterocycles. The van der Waals surface area contributed by atoms with Gasteiger partial charge in [0.2, 0.25) is 0 Å². The number of pyridine rings is 1. The number of halogens is 2. The summed E-state index contributed by atoms with van der Waals surface area (Å²) in [4.78, 5) is 22.1. The van der Waals surface area contributed by atoms with E-state index in [2.05, 4.69) is 31.2 Å². The van der Waals surface area contributed by atoms with E-state index < -0.39 is 5.82 Å². The van der Waals surface area contributed by atoms with Crippen LogP contribution in [0.15, 0.2) is 30.5 Å². The molecule has 0 fully saturated rings. The van der Waals surface area contributed by atoms with Crippen LogP contribution in [-0.2, 0) is 26.1 Å². The number of aromatic nitrogens is 5. The molecule has 9 nitrogen and oxygen atoms in total. The molecule has 1 amide bonds. The van der Waals surface area contributed by atoms with Gasteiger partial charge in [0.1, 0.15) is 23.0 Å². The summed E-state index contributed by atoms with van der Waals surface area (Å²) in [6.07, 6.45) is 2.30. The van der Waals surface area contributed by atoms with Crippen LogP contribution in [-0.4, -0.2) is 36.6 Å². The Morgan fingerprint density at radius 1 is 1.26 bits per heavy atom. The van der Waals surface area contributed by atoms with Crippen molar-refractivity contribution in [1.82, 2.24) is 40.3 Å². The van der Waals surface area contributed by atoms with Gasteiger partial charge in [-0.05, 0) is 42.7 Å². The molecule has 3 N–H and O–H groups in total. The van der Waals surface area contributed by atoms with Gasteiger partial charge in [-0.25, -0.2) is 19.0 Å². The first-order chi connectivity index (χ1) is 16.4. The normalized spacial score (nSPS) is 13.6. The van der Waals surface area contributed by atoms with Crippen LogP contribution in [0.1, 0.15) is 40.1 Å². The second-order valence-corrected chi connectivity index (χ2v) is 8.55. The number of rotatable bonds is 5. The predicted molar refractivity (Wildman–Crippen MR) is 126 cm³/mol. The number of carbonyl (C=O) groups is 1. The Morgan fingerprint density at radius 2 is 2.12 bits per heavy atom. The molecule has 0 saturated heterocycles. The maximum atomic E-state index is 14.9.